The van der Waals surface area contributed by atoms with Crippen molar-refractivity contribution >= 4 is 23.5 Å². The average Bonchev–Trinajstić information content (AvgIpc) is 2.53. The van der Waals surface area contributed by atoms with Gasteiger partial charge in [0.15, 0.2) is 6.61 Å². The maximum Gasteiger partial charge on any atom is 0.303 e. The maximum atomic E-state index is 12.2. The topological polar surface area (TPSA) is 88.6 Å². The highest BCUT2D eigenvalue weighted by Gasteiger charge is 2.27. The molecule has 2 rings (SSSR count). The number of pyridine rings is 1. The van der Waals surface area contributed by atoms with Gasteiger partial charge in [0.1, 0.15) is 0 Å². The van der Waals surface area contributed by atoms with Crippen molar-refractivity contribution in [1.29, 1.82) is 0 Å². The SMILES string of the molecule is CC(=O)OCC(=O)N1CCC(C(=O)Nc2ccncc2)CC1. The Labute approximate surface area is 128 Å². The Morgan fingerprint density at radius 1 is 1.27 bits per heavy atom. The van der Waals surface area contributed by atoms with E-state index in [-0.39, 0.29) is 24.3 Å². The van der Waals surface area contributed by atoms with Crippen LogP contribution >= 0.6 is 0 Å². The standard InChI is InChI=1S/C15H19N3O4/c1-11(19)22-10-14(20)18-8-4-12(5-9-18)15(21)17-13-2-6-16-7-3-13/h2-3,6-7,12H,4-5,8-10H2,1H3,(H,16,17,21). The van der Waals surface area contributed by atoms with Gasteiger partial charge in [0, 0.05) is 44.0 Å². The molecule has 1 fully saturated rings. The summed E-state index contributed by atoms with van der Waals surface area (Å²) in [5, 5.41) is 2.84. The van der Waals surface area contributed by atoms with Crippen LogP contribution in [0.4, 0.5) is 5.69 Å². The van der Waals surface area contributed by atoms with Gasteiger partial charge in [-0.3, -0.25) is 19.4 Å². The van der Waals surface area contributed by atoms with Gasteiger partial charge < -0.3 is 15.0 Å². The number of piperidine rings is 1. The highest BCUT2D eigenvalue weighted by molar-refractivity contribution is 5.92. The van der Waals surface area contributed by atoms with Gasteiger partial charge in [0.25, 0.3) is 5.91 Å². The first-order valence-corrected chi connectivity index (χ1v) is 7.18. The highest BCUT2D eigenvalue weighted by Crippen LogP contribution is 2.19. The zero-order valence-electron chi connectivity index (χ0n) is 12.4. The molecule has 0 radical (unpaired) electrons. The van der Waals surface area contributed by atoms with E-state index in [1.807, 2.05) is 0 Å². The van der Waals surface area contributed by atoms with Crippen LogP contribution in [-0.4, -0.2) is 47.4 Å². The minimum Gasteiger partial charge on any atom is -0.456 e. The van der Waals surface area contributed by atoms with Gasteiger partial charge in [-0.25, -0.2) is 0 Å². The van der Waals surface area contributed by atoms with Gasteiger partial charge in [0.2, 0.25) is 5.91 Å². The Balaban J connectivity index is 1.78. The van der Waals surface area contributed by atoms with Gasteiger partial charge in [0.05, 0.1) is 0 Å². The molecule has 0 saturated carbocycles. The minimum absolute atomic E-state index is 0.0433. The first-order chi connectivity index (χ1) is 10.6. The molecule has 0 aromatic carbocycles. The Kier molecular flexibility index (Phi) is 5.46. The van der Waals surface area contributed by atoms with Crippen LogP contribution in [0.15, 0.2) is 24.5 Å². The number of nitrogens with zero attached hydrogens (tertiary/aromatic N) is 2. The molecule has 7 nitrogen and oxygen atoms in total. The van der Waals surface area contributed by atoms with Crippen LogP contribution in [0, 0.1) is 5.92 Å². The molecule has 1 aliphatic heterocycles. The Bertz CT molecular complexity index is 539. The fourth-order valence-corrected chi connectivity index (χ4v) is 2.33. The zero-order chi connectivity index (χ0) is 15.9. The van der Waals surface area contributed by atoms with E-state index in [0.29, 0.717) is 31.6 Å². The number of amides is 2. The second-order valence-corrected chi connectivity index (χ2v) is 5.16. The van der Waals surface area contributed by atoms with Crippen LogP contribution in [0.3, 0.4) is 0 Å². The summed E-state index contributed by atoms with van der Waals surface area (Å²) in [5.41, 5.74) is 0.716. The van der Waals surface area contributed by atoms with E-state index in [0.717, 1.165) is 0 Å². The van der Waals surface area contributed by atoms with E-state index < -0.39 is 5.97 Å². The summed E-state index contributed by atoms with van der Waals surface area (Å²) in [6.45, 7) is 2.02. The summed E-state index contributed by atoms with van der Waals surface area (Å²) < 4.78 is 4.69. The van der Waals surface area contributed by atoms with Crippen molar-refractivity contribution in [3.05, 3.63) is 24.5 Å². The summed E-state index contributed by atoms with van der Waals surface area (Å²) in [6, 6.07) is 3.46. The molecular formula is C15H19N3O4. The monoisotopic (exact) mass is 305 g/mol. The number of rotatable bonds is 4. The summed E-state index contributed by atoms with van der Waals surface area (Å²) in [7, 11) is 0. The van der Waals surface area contributed by atoms with Crippen LogP contribution in [0.2, 0.25) is 0 Å². The minimum atomic E-state index is -0.472. The van der Waals surface area contributed by atoms with Gasteiger partial charge in [-0.1, -0.05) is 0 Å². The number of carbonyl (C=O) groups is 3. The third kappa shape index (κ3) is 4.54. The lowest BCUT2D eigenvalue weighted by atomic mass is 9.96. The number of nitrogens with one attached hydrogen (secondary N) is 1. The molecule has 0 spiro atoms. The lowest BCUT2D eigenvalue weighted by Crippen LogP contribution is -2.43. The van der Waals surface area contributed by atoms with Crippen molar-refractivity contribution in [1.82, 2.24) is 9.88 Å². The number of aromatic nitrogens is 1. The fraction of sp³-hybridized carbons (Fsp3) is 0.467. The highest BCUT2D eigenvalue weighted by atomic mass is 16.5. The molecule has 118 valence electrons. The molecule has 2 heterocycles. The summed E-state index contributed by atoms with van der Waals surface area (Å²) >= 11 is 0. The molecule has 2 amide bonds. The van der Waals surface area contributed by atoms with Crippen LogP contribution in [0.5, 0.6) is 0 Å². The molecule has 1 aromatic rings. The van der Waals surface area contributed by atoms with E-state index in [4.69, 9.17) is 4.74 Å². The molecule has 0 bridgehead atoms. The fourth-order valence-electron chi connectivity index (χ4n) is 2.33. The molecular weight excluding hydrogens is 286 g/mol. The molecule has 0 aliphatic carbocycles. The predicted octanol–water partition coefficient (Wildman–Crippen LogP) is 0.822. The Morgan fingerprint density at radius 2 is 1.91 bits per heavy atom. The average molecular weight is 305 g/mol. The zero-order valence-corrected chi connectivity index (χ0v) is 12.4. The van der Waals surface area contributed by atoms with Crippen molar-refractivity contribution < 1.29 is 19.1 Å². The molecule has 1 saturated heterocycles. The van der Waals surface area contributed by atoms with Crippen LogP contribution in [0.1, 0.15) is 19.8 Å². The molecule has 1 aromatic heterocycles. The van der Waals surface area contributed by atoms with Crippen LogP contribution in [0.25, 0.3) is 0 Å². The van der Waals surface area contributed by atoms with Crippen molar-refractivity contribution in [3.63, 3.8) is 0 Å². The van der Waals surface area contributed by atoms with Crippen molar-refractivity contribution in [2.75, 3.05) is 25.0 Å². The summed E-state index contributed by atoms with van der Waals surface area (Å²) in [4.78, 5) is 40.2. The third-order valence-electron chi connectivity index (χ3n) is 3.57. The number of ether oxygens (including phenoxy) is 1. The van der Waals surface area contributed by atoms with Crippen molar-refractivity contribution in [3.8, 4) is 0 Å². The molecule has 7 heteroatoms. The third-order valence-corrected chi connectivity index (χ3v) is 3.57. The lowest BCUT2D eigenvalue weighted by molar-refractivity contribution is -0.151. The van der Waals surface area contributed by atoms with Crippen LogP contribution in [-0.2, 0) is 19.1 Å². The van der Waals surface area contributed by atoms with Gasteiger partial charge >= 0.3 is 5.97 Å². The normalized spacial score (nSPS) is 15.2. The van der Waals surface area contributed by atoms with Gasteiger partial charge in [-0.15, -0.1) is 0 Å². The van der Waals surface area contributed by atoms with Gasteiger partial charge in [-0.2, -0.15) is 0 Å². The van der Waals surface area contributed by atoms with Crippen molar-refractivity contribution in [2.24, 2.45) is 5.92 Å². The van der Waals surface area contributed by atoms with E-state index >= 15 is 0 Å². The van der Waals surface area contributed by atoms with E-state index in [2.05, 4.69) is 10.3 Å². The Hall–Kier alpha value is -2.44. The quantitative estimate of drug-likeness (QED) is 0.832. The number of hydrogen-bond acceptors (Lipinski definition) is 5. The van der Waals surface area contributed by atoms with Gasteiger partial charge in [-0.05, 0) is 25.0 Å². The first-order valence-electron chi connectivity index (χ1n) is 7.18. The number of hydrogen-bond donors (Lipinski definition) is 1. The summed E-state index contributed by atoms with van der Waals surface area (Å²) in [5.74, 6) is -0.854. The maximum absolute atomic E-state index is 12.2. The molecule has 0 atom stereocenters. The number of anilines is 1. The van der Waals surface area contributed by atoms with E-state index in [1.165, 1.54) is 6.92 Å². The number of likely N-dealkylation sites (tertiary alicyclic amines) is 1. The summed E-state index contributed by atoms with van der Waals surface area (Å²) in [6.07, 6.45) is 4.43. The smallest absolute Gasteiger partial charge is 0.303 e. The molecule has 0 unspecified atom stereocenters. The second-order valence-electron chi connectivity index (χ2n) is 5.16. The van der Waals surface area contributed by atoms with Crippen molar-refractivity contribution in [2.45, 2.75) is 19.8 Å². The molecule has 1 aliphatic rings. The first kappa shape index (κ1) is 15.9. The number of carbonyl (C=O) groups excluding carboxylic acids is 3. The Morgan fingerprint density at radius 3 is 2.50 bits per heavy atom. The van der Waals surface area contributed by atoms with E-state index in [9.17, 15) is 14.4 Å². The largest absolute Gasteiger partial charge is 0.456 e. The lowest BCUT2D eigenvalue weighted by Gasteiger charge is -2.31. The van der Waals surface area contributed by atoms with Crippen LogP contribution < -0.4 is 5.32 Å². The molecule has 1 N–H and O–H groups in total. The molecule has 22 heavy (non-hydrogen) atoms. The number of esters is 1. The second kappa shape index (κ2) is 7.53. The van der Waals surface area contributed by atoms with E-state index in [1.54, 1.807) is 29.4 Å². The predicted molar refractivity (Wildman–Crippen MR) is 78.8 cm³/mol.